The smallest absolute Gasteiger partial charge is 0.412 e. The summed E-state index contributed by atoms with van der Waals surface area (Å²) in [6, 6.07) is -0.162. The SMILES string of the molecule is CN=C(NCCN1CCCN(C)CC1)NCC1C(C)OC(C)(C)N1C(=O)OC(C)(C)C.I. The summed E-state index contributed by atoms with van der Waals surface area (Å²) in [5.74, 6) is 0.730. The highest BCUT2D eigenvalue weighted by atomic mass is 127. The number of hydrogen-bond acceptors (Lipinski definition) is 6. The van der Waals surface area contributed by atoms with Crippen LogP contribution < -0.4 is 10.6 Å². The number of hydrogen-bond donors (Lipinski definition) is 2. The number of aliphatic imine (C=N–C) groups is 1. The van der Waals surface area contributed by atoms with Gasteiger partial charge in [0.15, 0.2) is 5.96 Å². The Morgan fingerprint density at radius 1 is 1.19 bits per heavy atom. The summed E-state index contributed by atoms with van der Waals surface area (Å²) < 4.78 is 11.7. The highest BCUT2D eigenvalue weighted by molar-refractivity contribution is 14.0. The minimum atomic E-state index is -0.731. The summed E-state index contributed by atoms with van der Waals surface area (Å²) in [6.07, 6.45) is 0.726. The molecule has 0 aromatic carbocycles. The molecule has 2 atom stereocenters. The lowest BCUT2D eigenvalue weighted by atomic mass is 10.1. The highest BCUT2D eigenvalue weighted by Gasteiger charge is 2.49. The molecule has 2 aliphatic rings. The van der Waals surface area contributed by atoms with Crippen molar-refractivity contribution < 1.29 is 14.3 Å². The minimum absolute atomic E-state index is 0. The van der Waals surface area contributed by atoms with E-state index in [1.165, 1.54) is 13.0 Å². The van der Waals surface area contributed by atoms with Crippen molar-refractivity contribution in [3.63, 3.8) is 0 Å². The molecule has 2 saturated heterocycles. The van der Waals surface area contributed by atoms with E-state index >= 15 is 0 Å². The fourth-order valence-electron chi connectivity index (χ4n) is 4.20. The van der Waals surface area contributed by atoms with Crippen LogP contribution in [0.5, 0.6) is 0 Å². The van der Waals surface area contributed by atoms with Crippen molar-refractivity contribution in [1.29, 1.82) is 0 Å². The number of rotatable bonds is 5. The van der Waals surface area contributed by atoms with Gasteiger partial charge in [-0.3, -0.25) is 9.89 Å². The van der Waals surface area contributed by atoms with Crippen LogP contribution in [-0.4, -0.2) is 110 Å². The number of guanidine groups is 1. The first-order valence-corrected chi connectivity index (χ1v) is 11.5. The number of nitrogens with one attached hydrogen (secondary N) is 2. The van der Waals surface area contributed by atoms with Crippen LogP contribution in [0.4, 0.5) is 4.79 Å². The molecule has 0 bridgehead atoms. The molecule has 2 N–H and O–H groups in total. The summed E-state index contributed by atoms with van der Waals surface area (Å²) in [5.41, 5.74) is -1.29. The van der Waals surface area contributed by atoms with Crippen molar-refractivity contribution in [2.45, 2.75) is 71.4 Å². The molecule has 188 valence electrons. The Balaban J connectivity index is 0.00000512. The predicted molar refractivity (Wildman–Crippen MR) is 140 cm³/mol. The second-order valence-corrected chi connectivity index (χ2v) is 10.1. The number of halogens is 1. The molecule has 0 aromatic rings. The van der Waals surface area contributed by atoms with Gasteiger partial charge in [-0.15, -0.1) is 24.0 Å². The van der Waals surface area contributed by atoms with Gasteiger partial charge in [-0.2, -0.15) is 0 Å². The van der Waals surface area contributed by atoms with Gasteiger partial charge in [0, 0.05) is 39.8 Å². The van der Waals surface area contributed by atoms with Crippen molar-refractivity contribution in [1.82, 2.24) is 25.3 Å². The summed E-state index contributed by atoms with van der Waals surface area (Å²) in [6.45, 7) is 18.3. The van der Waals surface area contributed by atoms with Crippen LogP contribution in [-0.2, 0) is 9.47 Å². The molecule has 0 radical (unpaired) electrons. The van der Waals surface area contributed by atoms with Crippen LogP contribution in [0.15, 0.2) is 4.99 Å². The Morgan fingerprint density at radius 3 is 2.50 bits per heavy atom. The molecule has 2 aliphatic heterocycles. The number of ether oxygens (including phenoxy) is 2. The van der Waals surface area contributed by atoms with Gasteiger partial charge in [-0.05, 0) is 68.1 Å². The third kappa shape index (κ3) is 8.83. The Kier molecular flexibility index (Phi) is 11.5. The maximum absolute atomic E-state index is 12.9. The lowest BCUT2D eigenvalue weighted by molar-refractivity contribution is -0.0755. The molecular weight excluding hydrogens is 523 g/mol. The van der Waals surface area contributed by atoms with E-state index in [0.29, 0.717) is 6.54 Å². The van der Waals surface area contributed by atoms with Crippen molar-refractivity contribution in [3.05, 3.63) is 0 Å². The molecule has 2 unspecified atom stereocenters. The lowest BCUT2D eigenvalue weighted by Crippen LogP contribution is -2.54. The van der Waals surface area contributed by atoms with Crippen molar-refractivity contribution in [2.75, 3.05) is 59.9 Å². The van der Waals surface area contributed by atoms with Gasteiger partial charge in [0.2, 0.25) is 0 Å². The molecule has 32 heavy (non-hydrogen) atoms. The maximum atomic E-state index is 12.9. The molecule has 2 heterocycles. The van der Waals surface area contributed by atoms with E-state index in [1.807, 2.05) is 41.5 Å². The van der Waals surface area contributed by atoms with E-state index in [2.05, 4.69) is 32.5 Å². The molecule has 2 fully saturated rings. The summed E-state index contributed by atoms with van der Waals surface area (Å²) in [7, 11) is 3.95. The average Bonchev–Trinajstić information content (AvgIpc) is 2.76. The molecule has 10 heteroatoms. The van der Waals surface area contributed by atoms with E-state index in [9.17, 15) is 4.79 Å². The second-order valence-electron chi connectivity index (χ2n) is 10.1. The monoisotopic (exact) mass is 568 g/mol. The van der Waals surface area contributed by atoms with Gasteiger partial charge in [0.25, 0.3) is 0 Å². The molecule has 1 amide bonds. The normalized spacial score (nSPS) is 25.1. The van der Waals surface area contributed by atoms with Crippen LogP contribution in [0, 0.1) is 0 Å². The van der Waals surface area contributed by atoms with Gasteiger partial charge in [0.1, 0.15) is 11.3 Å². The molecule has 0 spiro atoms. The van der Waals surface area contributed by atoms with Crippen LogP contribution in [0.2, 0.25) is 0 Å². The number of carbonyl (C=O) groups excluding carboxylic acids is 1. The number of amides is 1. The number of carbonyl (C=O) groups is 1. The first-order valence-electron chi connectivity index (χ1n) is 11.5. The van der Waals surface area contributed by atoms with Gasteiger partial charge in [-0.1, -0.05) is 0 Å². The minimum Gasteiger partial charge on any atom is -0.444 e. The first kappa shape index (κ1) is 29.2. The summed E-state index contributed by atoms with van der Waals surface area (Å²) in [4.78, 5) is 23.8. The Labute approximate surface area is 211 Å². The van der Waals surface area contributed by atoms with Crippen LogP contribution in [0.1, 0.15) is 48.0 Å². The average molecular weight is 569 g/mol. The van der Waals surface area contributed by atoms with E-state index in [0.717, 1.165) is 38.7 Å². The molecule has 0 saturated carbocycles. The zero-order valence-corrected chi connectivity index (χ0v) is 23.6. The first-order chi connectivity index (χ1) is 14.4. The largest absolute Gasteiger partial charge is 0.444 e. The maximum Gasteiger partial charge on any atom is 0.412 e. The van der Waals surface area contributed by atoms with Crippen molar-refractivity contribution in [2.24, 2.45) is 4.99 Å². The van der Waals surface area contributed by atoms with Gasteiger partial charge in [0.05, 0.1) is 12.1 Å². The predicted octanol–water partition coefficient (Wildman–Crippen LogP) is 2.17. The van der Waals surface area contributed by atoms with Crippen LogP contribution in [0.3, 0.4) is 0 Å². The van der Waals surface area contributed by atoms with Gasteiger partial charge in [-0.25, -0.2) is 4.79 Å². The Hall–Kier alpha value is -0.850. The quantitative estimate of drug-likeness (QED) is 0.299. The fraction of sp³-hybridized carbons (Fsp3) is 0.909. The molecule has 0 aromatic heterocycles. The topological polar surface area (TPSA) is 81.7 Å². The molecule has 2 rings (SSSR count). The van der Waals surface area contributed by atoms with E-state index in [4.69, 9.17) is 9.47 Å². The van der Waals surface area contributed by atoms with Crippen LogP contribution in [0.25, 0.3) is 0 Å². The van der Waals surface area contributed by atoms with Crippen molar-refractivity contribution in [3.8, 4) is 0 Å². The zero-order chi connectivity index (χ0) is 23.2. The summed E-state index contributed by atoms with van der Waals surface area (Å²) in [5, 5.41) is 6.77. The number of nitrogens with zero attached hydrogens (tertiary/aromatic N) is 4. The summed E-state index contributed by atoms with van der Waals surface area (Å²) >= 11 is 0. The van der Waals surface area contributed by atoms with Crippen LogP contribution >= 0.6 is 24.0 Å². The molecular formula is C22H45IN6O3. The number of likely N-dealkylation sites (N-methyl/N-ethyl adjacent to an activating group) is 1. The Morgan fingerprint density at radius 2 is 1.88 bits per heavy atom. The zero-order valence-electron chi connectivity index (χ0n) is 21.2. The fourth-order valence-corrected chi connectivity index (χ4v) is 4.20. The Bertz CT molecular complexity index is 625. The third-order valence-electron chi connectivity index (χ3n) is 5.75. The van der Waals surface area contributed by atoms with E-state index in [-0.39, 0.29) is 42.2 Å². The van der Waals surface area contributed by atoms with Gasteiger partial charge >= 0.3 is 6.09 Å². The molecule has 0 aliphatic carbocycles. The lowest BCUT2D eigenvalue weighted by Gasteiger charge is -2.35. The van der Waals surface area contributed by atoms with E-state index in [1.54, 1.807) is 11.9 Å². The third-order valence-corrected chi connectivity index (χ3v) is 5.75. The van der Waals surface area contributed by atoms with Gasteiger partial charge < -0.3 is 29.9 Å². The second kappa shape index (κ2) is 12.6. The standard InChI is InChI=1S/C22H44N6O3.HI/c1-17-18(28(22(5,6)30-17)20(29)31-21(2,3)4)16-25-19(23-7)24-10-13-27-12-9-11-26(8)14-15-27;/h17-18H,9-16H2,1-8H3,(H2,23,24,25);1H. The molecule has 9 nitrogen and oxygen atoms in total. The van der Waals surface area contributed by atoms with Crippen molar-refractivity contribution >= 4 is 36.0 Å². The van der Waals surface area contributed by atoms with E-state index < -0.39 is 11.3 Å². The highest BCUT2D eigenvalue weighted by Crippen LogP contribution is 2.33.